The largest absolute Gasteiger partial charge is 0.487 e. The molecule has 1 aromatic rings. The minimum atomic E-state index is -0.783. The number of benzene rings is 1. The molecule has 1 N–H and O–H groups in total. The van der Waals surface area contributed by atoms with Crippen molar-refractivity contribution in [2.45, 2.75) is 51.6 Å². The Kier molecular flexibility index (Phi) is 2.88. The maximum Gasteiger partial charge on any atom is 0.304 e. The summed E-state index contributed by atoms with van der Waals surface area (Å²) >= 11 is 0. The fourth-order valence-corrected chi connectivity index (χ4v) is 2.62. The quantitative estimate of drug-likeness (QED) is 0.893. The van der Waals surface area contributed by atoms with Gasteiger partial charge in [-0.15, -0.1) is 0 Å². The molecule has 0 aliphatic carbocycles. The van der Waals surface area contributed by atoms with Gasteiger partial charge in [0, 0.05) is 17.4 Å². The summed E-state index contributed by atoms with van der Waals surface area (Å²) in [5.41, 5.74) is 1.55. The van der Waals surface area contributed by atoms with Gasteiger partial charge >= 0.3 is 5.97 Å². The van der Waals surface area contributed by atoms with Gasteiger partial charge in [0.1, 0.15) is 11.4 Å². The maximum absolute atomic E-state index is 11.0. The SMILES string of the molecule is CC1(C)Cc2cccc(C(C)(C)CC(=O)O)c2O1. The van der Waals surface area contributed by atoms with Crippen molar-refractivity contribution in [2.75, 3.05) is 0 Å². The van der Waals surface area contributed by atoms with Gasteiger partial charge in [-0.3, -0.25) is 4.79 Å². The molecule has 0 spiro atoms. The summed E-state index contributed by atoms with van der Waals surface area (Å²) < 4.78 is 6.00. The molecule has 0 amide bonds. The molecule has 0 fully saturated rings. The monoisotopic (exact) mass is 248 g/mol. The predicted octanol–water partition coefficient (Wildman–Crippen LogP) is 3.15. The van der Waals surface area contributed by atoms with Gasteiger partial charge < -0.3 is 9.84 Å². The lowest BCUT2D eigenvalue weighted by atomic mass is 9.80. The molecule has 18 heavy (non-hydrogen) atoms. The fraction of sp³-hybridized carbons (Fsp3) is 0.533. The van der Waals surface area contributed by atoms with Gasteiger partial charge in [-0.25, -0.2) is 0 Å². The maximum atomic E-state index is 11.0. The molecule has 0 unspecified atom stereocenters. The van der Waals surface area contributed by atoms with Crippen LogP contribution in [0.3, 0.4) is 0 Å². The summed E-state index contributed by atoms with van der Waals surface area (Å²) in [7, 11) is 0. The highest BCUT2D eigenvalue weighted by molar-refractivity contribution is 5.69. The first kappa shape index (κ1) is 12.9. The summed E-state index contributed by atoms with van der Waals surface area (Å²) in [6.07, 6.45) is 0.979. The van der Waals surface area contributed by atoms with Crippen LogP contribution in [0.4, 0.5) is 0 Å². The molecule has 98 valence electrons. The predicted molar refractivity (Wildman–Crippen MR) is 70.1 cm³/mol. The van der Waals surface area contributed by atoms with E-state index in [1.54, 1.807) is 0 Å². The van der Waals surface area contributed by atoms with Crippen molar-refractivity contribution in [1.82, 2.24) is 0 Å². The molecule has 0 atom stereocenters. The highest BCUT2D eigenvalue weighted by Gasteiger charge is 2.36. The number of carboxylic acid groups (broad SMARTS) is 1. The number of carboxylic acids is 1. The number of hydrogen-bond acceptors (Lipinski definition) is 2. The number of aliphatic carboxylic acids is 1. The van der Waals surface area contributed by atoms with Crippen LogP contribution in [-0.2, 0) is 16.6 Å². The summed E-state index contributed by atoms with van der Waals surface area (Å²) in [6, 6.07) is 6.02. The molecule has 2 rings (SSSR count). The van der Waals surface area contributed by atoms with Crippen LogP contribution in [0.25, 0.3) is 0 Å². The van der Waals surface area contributed by atoms with Crippen LogP contribution in [0.1, 0.15) is 45.2 Å². The van der Waals surface area contributed by atoms with Crippen LogP contribution >= 0.6 is 0 Å². The van der Waals surface area contributed by atoms with Gasteiger partial charge in [-0.2, -0.15) is 0 Å². The van der Waals surface area contributed by atoms with E-state index in [-0.39, 0.29) is 12.0 Å². The molecule has 1 heterocycles. The average molecular weight is 248 g/mol. The smallest absolute Gasteiger partial charge is 0.304 e. The van der Waals surface area contributed by atoms with E-state index in [0.717, 1.165) is 17.7 Å². The third-order valence-electron chi connectivity index (χ3n) is 3.41. The van der Waals surface area contributed by atoms with Crippen molar-refractivity contribution >= 4 is 5.97 Å². The second kappa shape index (κ2) is 4.01. The normalized spacial score (nSPS) is 17.1. The van der Waals surface area contributed by atoms with Crippen molar-refractivity contribution in [3.05, 3.63) is 29.3 Å². The van der Waals surface area contributed by atoms with Gasteiger partial charge in [0.25, 0.3) is 0 Å². The molecule has 0 bridgehead atoms. The Morgan fingerprint density at radius 1 is 1.44 bits per heavy atom. The van der Waals surface area contributed by atoms with E-state index in [1.807, 2.05) is 26.0 Å². The molecular formula is C15H20O3. The molecule has 0 aromatic heterocycles. The molecule has 1 aliphatic rings. The van der Waals surface area contributed by atoms with E-state index in [4.69, 9.17) is 9.84 Å². The van der Waals surface area contributed by atoms with E-state index in [0.29, 0.717) is 0 Å². The van der Waals surface area contributed by atoms with E-state index < -0.39 is 11.4 Å². The van der Waals surface area contributed by atoms with Crippen molar-refractivity contribution in [1.29, 1.82) is 0 Å². The first-order valence-corrected chi connectivity index (χ1v) is 6.24. The van der Waals surface area contributed by atoms with Crippen LogP contribution < -0.4 is 4.74 Å². The summed E-state index contributed by atoms with van der Waals surface area (Å²) in [6.45, 7) is 8.01. The Hall–Kier alpha value is -1.51. The minimum absolute atomic E-state index is 0.104. The van der Waals surface area contributed by atoms with E-state index in [2.05, 4.69) is 19.9 Å². The third kappa shape index (κ3) is 2.35. The number of para-hydroxylation sites is 1. The minimum Gasteiger partial charge on any atom is -0.487 e. The zero-order chi connectivity index (χ0) is 13.6. The number of rotatable bonds is 3. The van der Waals surface area contributed by atoms with Crippen molar-refractivity contribution in [3.8, 4) is 5.75 Å². The molecular weight excluding hydrogens is 228 g/mol. The molecule has 0 saturated heterocycles. The lowest BCUT2D eigenvalue weighted by Gasteiger charge is -2.26. The number of hydrogen-bond donors (Lipinski definition) is 1. The van der Waals surface area contributed by atoms with Gasteiger partial charge in [0.05, 0.1) is 6.42 Å². The van der Waals surface area contributed by atoms with Crippen LogP contribution in [0.15, 0.2) is 18.2 Å². The summed E-state index contributed by atoms with van der Waals surface area (Å²) in [5.74, 6) is 0.101. The van der Waals surface area contributed by atoms with Crippen LogP contribution in [0.2, 0.25) is 0 Å². The number of ether oxygens (including phenoxy) is 1. The Morgan fingerprint density at radius 3 is 2.72 bits per heavy atom. The van der Waals surface area contributed by atoms with Crippen LogP contribution in [0, 0.1) is 0 Å². The molecule has 0 radical (unpaired) electrons. The zero-order valence-electron chi connectivity index (χ0n) is 11.4. The molecule has 0 saturated carbocycles. The van der Waals surface area contributed by atoms with E-state index in [9.17, 15) is 4.79 Å². The second-order valence-corrected chi connectivity index (χ2v) is 6.29. The standard InChI is InChI=1S/C15H20O3/c1-14(2,9-12(16)17)11-7-5-6-10-8-15(3,4)18-13(10)11/h5-7H,8-9H2,1-4H3,(H,16,17). The zero-order valence-corrected chi connectivity index (χ0v) is 11.4. The van der Waals surface area contributed by atoms with E-state index in [1.165, 1.54) is 5.56 Å². The number of fused-ring (bicyclic) bond motifs is 1. The summed E-state index contributed by atoms with van der Waals surface area (Å²) in [4.78, 5) is 11.0. The fourth-order valence-electron chi connectivity index (χ4n) is 2.62. The van der Waals surface area contributed by atoms with Crippen molar-refractivity contribution in [3.63, 3.8) is 0 Å². The molecule has 1 aromatic carbocycles. The van der Waals surface area contributed by atoms with Crippen LogP contribution in [-0.4, -0.2) is 16.7 Å². The third-order valence-corrected chi connectivity index (χ3v) is 3.41. The Balaban J connectivity index is 2.43. The Morgan fingerprint density at radius 2 is 2.11 bits per heavy atom. The second-order valence-electron chi connectivity index (χ2n) is 6.29. The first-order valence-electron chi connectivity index (χ1n) is 6.24. The van der Waals surface area contributed by atoms with E-state index >= 15 is 0 Å². The highest BCUT2D eigenvalue weighted by atomic mass is 16.5. The first-order chi connectivity index (χ1) is 8.21. The molecule has 3 nitrogen and oxygen atoms in total. The van der Waals surface area contributed by atoms with Crippen molar-refractivity contribution < 1.29 is 14.6 Å². The van der Waals surface area contributed by atoms with Crippen molar-refractivity contribution in [2.24, 2.45) is 0 Å². The lowest BCUT2D eigenvalue weighted by molar-refractivity contribution is -0.138. The topological polar surface area (TPSA) is 46.5 Å². The lowest BCUT2D eigenvalue weighted by Crippen LogP contribution is -2.26. The van der Waals surface area contributed by atoms with Gasteiger partial charge in [-0.1, -0.05) is 32.0 Å². The van der Waals surface area contributed by atoms with Gasteiger partial charge in [-0.05, 0) is 19.4 Å². The van der Waals surface area contributed by atoms with Gasteiger partial charge in [0.2, 0.25) is 0 Å². The number of carbonyl (C=O) groups is 1. The highest BCUT2D eigenvalue weighted by Crippen LogP contribution is 2.43. The average Bonchev–Trinajstić information content (AvgIpc) is 2.48. The molecule has 3 heteroatoms. The molecule has 1 aliphatic heterocycles. The van der Waals surface area contributed by atoms with Gasteiger partial charge in [0.15, 0.2) is 0 Å². The van der Waals surface area contributed by atoms with Crippen LogP contribution in [0.5, 0.6) is 5.75 Å². The Labute approximate surface area is 108 Å². The Bertz CT molecular complexity index is 487. The summed E-state index contributed by atoms with van der Waals surface area (Å²) in [5, 5.41) is 9.02.